The topological polar surface area (TPSA) is 66.6 Å². The number of carbonyl (C=O) groups excluding carboxylic acids is 1. The molecule has 2 atom stereocenters. The van der Waals surface area contributed by atoms with Gasteiger partial charge in [-0.1, -0.05) is 55.6 Å². The molecule has 0 fully saturated rings. The summed E-state index contributed by atoms with van der Waals surface area (Å²) in [4.78, 5) is 18.8. The lowest BCUT2D eigenvalue weighted by Gasteiger charge is -2.35. The van der Waals surface area contributed by atoms with E-state index in [4.69, 9.17) is 32.7 Å². The Kier molecular flexibility index (Phi) is 9.76. The average molecular weight is 595 g/mol. The van der Waals surface area contributed by atoms with Gasteiger partial charge in [-0.2, -0.15) is 0 Å². The van der Waals surface area contributed by atoms with Gasteiger partial charge in [0.05, 0.1) is 6.61 Å². The molecule has 0 bridgehead atoms. The van der Waals surface area contributed by atoms with Gasteiger partial charge < -0.3 is 19.8 Å². The third kappa shape index (κ3) is 7.00. The number of H-pyrrole nitrogens is 1. The lowest BCUT2D eigenvalue weighted by atomic mass is 9.92. The summed E-state index contributed by atoms with van der Waals surface area (Å²) >= 11 is 12.4. The third-order valence-corrected chi connectivity index (χ3v) is 8.18. The first-order valence-electron chi connectivity index (χ1n) is 14.5. The van der Waals surface area contributed by atoms with E-state index in [0.717, 1.165) is 47.3 Å². The maximum absolute atomic E-state index is 13.5. The predicted octanol–water partition coefficient (Wildman–Crippen LogP) is 8.56. The average Bonchev–Trinajstić information content (AvgIpc) is 3.35. The first-order chi connectivity index (χ1) is 20.0. The minimum atomic E-state index is -0.416. The highest BCUT2D eigenvalue weighted by atomic mass is 35.5. The van der Waals surface area contributed by atoms with Gasteiger partial charge in [0, 0.05) is 39.2 Å². The number of rotatable bonds is 11. The van der Waals surface area contributed by atoms with Crippen LogP contribution in [-0.4, -0.2) is 41.7 Å². The van der Waals surface area contributed by atoms with E-state index in [1.165, 1.54) is 18.4 Å². The molecule has 41 heavy (non-hydrogen) atoms. The van der Waals surface area contributed by atoms with Gasteiger partial charge in [0.15, 0.2) is 0 Å². The lowest BCUT2D eigenvalue weighted by Crippen LogP contribution is -2.42. The SMILES string of the molecule is CCCC(CC)NCCCOc1ccc([C@H]2c3[nH]c4ccc(Cl)cc4c3CCN2C(=O)Oc2ccc(Cl)cc2)cc1. The molecule has 3 aromatic carbocycles. The van der Waals surface area contributed by atoms with Crippen LogP contribution in [0.15, 0.2) is 66.7 Å². The van der Waals surface area contributed by atoms with Crippen molar-refractivity contribution in [3.63, 3.8) is 0 Å². The Hall–Kier alpha value is -3.19. The zero-order chi connectivity index (χ0) is 28.8. The Balaban J connectivity index is 1.34. The Morgan fingerprint density at radius 1 is 1.02 bits per heavy atom. The van der Waals surface area contributed by atoms with Crippen LogP contribution in [0.4, 0.5) is 4.79 Å². The zero-order valence-corrected chi connectivity index (χ0v) is 25.1. The molecule has 5 rings (SSSR count). The van der Waals surface area contributed by atoms with E-state index >= 15 is 0 Å². The van der Waals surface area contributed by atoms with E-state index in [2.05, 4.69) is 24.1 Å². The summed E-state index contributed by atoms with van der Waals surface area (Å²) < 4.78 is 11.8. The summed E-state index contributed by atoms with van der Waals surface area (Å²) in [5.41, 5.74) is 4.11. The van der Waals surface area contributed by atoms with Crippen molar-refractivity contribution in [2.75, 3.05) is 19.7 Å². The summed E-state index contributed by atoms with van der Waals surface area (Å²) in [6, 6.07) is 20.9. The number of hydrogen-bond acceptors (Lipinski definition) is 4. The van der Waals surface area contributed by atoms with Crippen LogP contribution in [0.2, 0.25) is 10.0 Å². The van der Waals surface area contributed by atoms with Crippen LogP contribution in [0, 0.1) is 0 Å². The summed E-state index contributed by atoms with van der Waals surface area (Å²) in [5.74, 6) is 1.26. The Morgan fingerprint density at radius 3 is 2.49 bits per heavy atom. The molecule has 0 aliphatic carbocycles. The van der Waals surface area contributed by atoms with E-state index in [1.54, 1.807) is 29.2 Å². The number of benzene rings is 3. The van der Waals surface area contributed by atoms with E-state index in [0.29, 0.717) is 41.4 Å². The minimum Gasteiger partial charge on any atom is -0.494 e. The molecule has 1 unspecified atom stereocenters. The Morgan fingerprint density at radius 2 is 1.76 bits per heavy atom. The van der Waals surface area contributed by atoms with Crippen molar-refractivity contribution in [3.05, 3.63) is 93.6 Å². The van der Waals surface area contributed by atoms with Gasteiger partial charge in [-0.3, -0.25) is 4.90 Å². The first-order valence-corrected chi connectivity index (χ1v) is 15.2. The molecule has 0 saturated heterocycles. The van der Waals surface area contributed by atoms with Crippen LogP contribution < -0.4 is 14.8 Å². The van der Waals surface area contributed by atoms with Crippen molar-refractivity contribution < 1.29 is 14.3 Å². The van der Waals surface area contributed by atoms with Gasteiger partial charge in [-0.25, -0.2) is 4.79 Å². The Bertz CT molecular complexity index is 1450. The van der Waals surface area contributed by atoms with Gasteiger partial charge >= 0.3 is 6.09 Å². The summed E-state index contributed by atoms with van der Waals surface area (Å²) in [6.07, 6.45) is 4.76. The van der Waals surface area contributed by atoms with Crippen molar-refractivity contribution in [1.82, 2.24) is 15.2 Å². The maximum atomic E-state index is 13.5. The number of carbonyl (C=O) groups is 1. The van der Waals surface area contributed by atoms with Crippen LogP contribution >= 0.6 is 23.2 Å². The Labute approximate surface area is 251 Å². The van der Waals surface area contributed by atoms with Crippen molar-refractivity contribution >= 4 is 40.2 Å². The molecule has 0 radical (unpaired) electrons. The molecule has 1 amide bonds. The fourth-order valence-electron chi connectivity index (χ4n) is 5.58. The molecule has 2 N–H and O–H groups in total. The van der Waals surface area contributed by atoms with Gasteiger partial charge in [-0.05, 0) is 98.0 Å². The van der Waals surface area contributed by atoms with Gasteiger partial charge in [0.1, 0.15) is 17.5 Å². The molecule has 8 heteroatoms. The molecule has 0 spiro atoms. The number of nitrogens with one attached hydrogen (secondary N) is 2. The smallest absolute Gasteiger partial charge is 0.416 e. The minimum absolute atomic E-state index is 0.354. The van der Waals surface area contributed by atoms with E-state index in [9.17, 15) is 4.79 Å². The molecular formula is C33H37Cl2N3O3. The lowest BCUT2D eigenvalue weighted by molar-refractivity contribution is 0.135. The van der Waals surface area contributed by atoms with Gasteiger partial charge in [-0.15, -0.1) is 0 Å². The highest BCUT2D eigenvalue weighted by Gasteiger charge is 2.35. The molecule has 2 heterocycles. The van der Waals surface area contributed by atoms with Crippen LogP contribution in [0.3, 0.4) is 0 Å². The van der Waals surface area contributed by atoms with Crippen LogP contribution in [0.25, 0.3) is 10.9 Å². The van der Waals surface area contributed by atoms with E-state index in [1.807, 2.05) is 42.5 Å². The molecule has 6 nitrogen and oxygen atoms in total. The van der Waals surface area contributed by atoms with E-state index < -0.39 is 6.09 Å². The van der Waals surface area contributed by atoms with Crippen molar-refractivity contribution in [1.29, 1.82) is 0 Å². The van der Waals surface area contributed by atoms with Crippen LogP contribution in [0.1, 0.15) is 62.4 Å². The van der Waals surface area contributed by atoms with Crippen LogP contribution in [0.5, 0.6) is 11.5 Å². The monoisotopic (exact) mass is 593 g/mol. The molecule has 1 aliphatic rings. The second-order valence-corrected chi connectivity index (χ2v) is 11.4. The summed E-state index contributed by atoms with van der Waals surface area (Å²) in [5, 5.41) is 5.98. The molecule has 0 saturated carbocycles. The van der Waals surface area contributed by atoms with Crippen LogP contribution in [-0.2, 0) is 6.42 Å². The van der Waals surface area contributed by atoms with Crippen molar-refractivity contribution in [2.24, 2.45) is 0 Å². The fourth-order valence-corrected chi connectivity index (χ4v) is 5.88. The first kappa shape index (κ1) is 29.3. The van der Waals surface area contributed by atoms with Crippen molar-refractivity contribution in [2.45, 2.75) is 58.0 Å². The third-order valence-electron chi connectivity index (χ3n) is 7.69. The predicted molar refractivity (Wildman–Crippen MR) is 167 cm³/mol. The number of ether oxygens (including phenoxy) is 2. The number of aromatic nitrogens is 1. The highest BCUT2D eigenvalue weighted by molar-refractivity contribution is 6.31. The summed E-state index contributed by atoms with van der Waals surface area (Å²) in [6.45, 7) is 6.54. The van der Waals surface area contributed by atoms with Crippen molar-refractivity contribution in [3.8, 4) is 11.5 Å². The quantitative estimate of drug-likeness (QED) is 0.171. The van der Waals surface area contributed by atoms with Gasteiger partial charge in [0.25, 0.3) is 0 Å². The van der Waals surface area contributed by atoms with E-state index in [-0.39, 0.29) is 6.04 Å². The molecule has 1 aliphatic heterocycles. The normalized spacial score (nSPS) is 15.5. The second kappa shape index (κ2) is 13.6. The van der Waals surface area contributed by atoms with Gasteiger partial charge in [0.2, 0.25) is 0 Å². The maximum Gasteiger partial charge on any atom is 0.416 e. The largest absolute Gasteiger partial charge is 0.494 e. The molecule has 1 aromatic heterocycles. The number of amides is 1. The number of hydrogen-bond donors (Lipinski definition) is 2. The number of halogens is 2. The number of aromatic amines is 1. The zero-order valence-electron chi connectivity index (χ0n) is 23.6. The number of nitrogens with zero attached hydrogens (tertiary/aromatic N) is 1. The summed E-state index contributed by atoms with van der Waals surface area (Å²) in [7, 11) is 0. The standard InChI is InChI=1S/C33H37Cl2N3O3/c1-3-6-25(4-2)36-18-5-20-40-26-12-7-22(8-13-26)32-31-28(29-21-24(35)11-16-30(29)37-31)17-19-38(32)33(39)41-27-14-9-23(34)10-15-27/h7-16,21,25,32,36-37H,3-6,17-20H2,1-2H3/t25?,32-/m0/s1. The highest BCUT2D eigenvalue weighted by Crippen LogP contribution is 2.40. The second-order valence-electron chi connectivity index (χ2n) is 10.5. The molecule has 4 aromatic rings. The molecule has 216 valence electrons. The fraction of sp³-hybridized carbons (Fsp3) is 0.364. The number of fused-ring (bicyclic) bond motifs is 3. The molecular weight excluding hydrogens is 557 g/mol.